The van der Waals surface area contributed by atoms with Gasteiger partial charge in [-0.05, 0) is 44.6 Å². The Morgan fingerprint density at radius 1 is 0.611 bits per heavy atom. The SMILES string of the molecule is CC(C)[C@H](NC(=O)CCC(=O)NCCCCCC(=O)N[C@@H](CCCCN(C[C@H](O)[C@@H](O)[C@H](O)[C@H](O)CO)C[C@H](O)[C@@H](O)[C@H](O)[C@H](O)CO)C(=O)O)C(N)=O. The third-order valence-electron chi connectivity index (χ3n) is 8.66. The van der Waals surface area contributed by atoms with Crippen molar-refractivity contribution in [3.63, 3.8) is 0 Å². The molecule has 0 heterocycles. The monoisotopic (exact) mass is 785 g/mol. The summed E-state index contributed by atoms with van der Waals surface area (Å²) < 4.78 is 0. The number of unbranched alkanes of at least 4 members (excludes halogenated alkanes) is 3. The predicted octanol–water partition coefficient (Wildman–Crippen LogP) is -6.02. The van der Waals surface area contributed by atoms with Crippen LogP contribution in [0.4, 0.5) is 0 Å². The van der Waals surface area contributed by atoms with Crippen molar-refractivity contribution in [2.45, 2.75) is 133 Å². The third kappa shape index (κ3) is 20.6. The number of amides is 4. The molecule has 21 nitrogen and oxygen atoms in total. The van der Waals surface area contributed by atoms with E-state index in [-0.39, 0.29) is 63.4 Å². The topological polar surface area (TPSA) is 373 Å². The number of hydrogen-bond acceptors (Lipinski definition) is 16. The molecule has 0 rings (SSSR count). The second-order valence-corrected chi connectivity index (χ2v) is 13.7. The maximum absolute atomic E-state index is 12.4. The summed E-state index contributed by atoms with van der Waals surface area (Å²) in [7, 11) is 0. The van der Waals surface area contributed by atoms with E-state index >= 15 is 0 Å². The van der Waals surface area contributed by atoms with Crippen molar-refractivity contribution in [3.8, 4) is 0 Å². The molecule has 316 valence electrons. The van der Waals surface area contributed by atoms with Gasteiger partial charge in [-0.3, -0.25) is 24.1 Å². The number of nitrogens with zero attached hydrogens (tertiary/aromatic N) is 1. The number of primary amides is 1. The molecule has 0 radical (unpaired) electrons. The van der Waals surface area contributed by atoms with Gasteiger partial charge >= 0.3 is 5.97 Å². The number of carbonyl (C=O) groups excluding carboxylic acids is 4. The standard InChI is InChI=1S/C33H63N5O16/c1-18(2)27(32(34)52)37-26(47)11-10-24(45)35-12-6-3-4-9-25(46)36-19(33(53)54)8-5-7-13-38(14-20(41)28(48)30(50)22(43)16-39)15-21(42)29(49)31(51)23(44)17-40/h18-23,27-31,39-44,48-51H,3-17H2,1-2H3,(H2,34,52)(H,35,45)(H,36,46)(H,37,47)(H,53,54)/t19-,20-,21-,22+,23+,27-,28+,29+,30+,31+/m0/s1. The van der Waals surface area contributed by atoms with E-state index in [1.54, 1.807) is 13.8 Å². The van der Waals surface area contributed by atoms with E-state index in [2.05, 4.69) is 16.0 Å². The third-order valence-corrected chi connectivity index (χ3v) is 8.66. The van der Waals surface area contributed by atoms with E-state index in [9.17, 15) is 69.9 Å². The molecule has 0 unspecified atom stereocenters. The fourth-order valence-corrected chi connectivity index (χ4v) is 5.28. The summed E-state index contributed by atoms with van der Waals surface area (Å²) in [5, 5.41) is 116. The van der Waals surface area contributed by atoms with Crippen molar-refractivity contribution in [2.75, 3.05) is 39.4 Å². The van der Waals surface area contributed by atoms with Crippen LogP contribution in [0.5, 0.6) is 0 Å². The van der Waals surface area contributed by atoms with Gasteiger partial charge in [-0.1, -0.05) is 20.3 Å². The van der Waals surface area contributed by atoms with Crippen molar-refractivity contribution in [2.24, 2.45) is 11.7 Å². The molecule has 0 aliphatic carbocycles. The molecular weight excluding hydrogens is 722 g/mol. The summed E-state index contributed by atoms with van der Waals surface area (Å²) in [4.78, 5) is 61.0. The molecule has 4 amide bonds. The van der Waals surface area contributed by atoms with Gasteiger partial charge in [-0.2, -0.15) is 0 Å². The Morgan fingerprint density at radius 2 is 1.09 bits per heavy atom. The number of nitrogens with one attached hydrogen (secondary N) is 3. The highest BCUT2D eigenvalue weighted by atomic mass is 16.4. The minimum atomic E-state index is -1.96. The first-order valence-electron chi connectivity index (χ1n) is 18.0. The number of carboxylic acid groups (broad SMARTS) is 1. The number of rotatable bonds is 31. The number of carboxylic acids is 1. The van der Waals surface area contributed by atoms with Crippen molar-refractivity contribution in [1.82, 2.24) is 20.9 Å². The van der Waals surface area contributed by atoms with Crippen LogP contribution in [0.15, 0.2) is 0 Å². The predicted molar refractivity (Wildman–Crippen MR) is 189 cm³/mol. The van der Waals surface area contributed by atoms with Gasteiger partial charge in [0.05, 0.1) is 25.4 Å². The minimum absolute atomic E-state index is 0.0106. The number of carbonyl (C=O) groups is 5. The van der Waals surface area contributed by atoms with Crippen LogP contribution in [-0.4, -0.2) is 191 Å². The van der Waals surface area contributed by atoms with Crippen molar-refractivity contribution < 1.29 is 80.1 Å². The molecule has 0 aromatic heterocycles. The summed E-state index contributed by atoms with van der Waals surface area (Å²) in [6.45, 7) is 0.933. The van der Waals surface area contributed by atoms with Crippen LogP contribution in [0.2, 0.25) is 0 Å². The number of hydrogen-bond donors (Lipinski definition) is 15. The minimum Gasteiger partial charge on any atom is -0.480 e. The number of aliphatic hydroxyl groups is 10. The first kappa shape index (κ1) is 50.9. The molecule has 10 atom stereocenters. The molecule has 0 bridgehead atoms. The van der Waals surface area contributed by atoms with Crippen LogP contribution < -0.4 is 21.7 Å². The van der Waals surface area contributed by atoms with E-state index in [1.807, 2.05) is 0 Å². The lowest BCUT2D eigenvalue weighted by Crippen LogP contribution is -2.53. The van der Waals surface area contributed by atoms with Crippen molar-refractivity contribution in [1.29, 1.82) is 0 Å². The Labute approximate surface area is 314 Å². The highest BCUT2D eigenvalue weighted by Crippen LogP contribution is 2.13. The van der Waals surface area contributed by atoms with E-state index in [1.165, 1.54) is 4.90 Å². The number of nitrogens with two attached hydrogens (primary N) is 1. The Morgan fingerprint density at radius 3 is 1.56 bits per heavy atom. The van der Waals surface area contributed by atoms with Gasteiger partial charge in [-0.25, -0.2) is 4.79 Å². The Kier molecular flexibility index (Phi) is 25.9. The summed E-state index contributed by atoms with van der Waals surface area (Å²) >= 11 is 0. The molecule has 16 N–H and O–H groups in total. The van der Waals surface area contributed by atoms with Gasteiger partial charge in [0.2, 0.25) is 23.6 Å². The van der Waals surface area contributed by atoms with Crippen molar-refractivity contribution >= 4 is 29.6 Å². The Balaban J connectivity index is 4.86. The molecule has 54 heavy (non-hydrogen) atoms. The van der Waals surface area contributed by atoms with Gasteiger partial charge in [0, 0.05) is 38.9 Å². The molecule has 0 saturated heterocycles. The van der Waals surface area contributed by atoms with E-state index < -0.39 is 111 Å². The zero-order chi connectivity index (χ0) is 41.5. The molecule has 0 spiro atoms. The maximum Gasteiger partial charge on any atom is 0.326 e. The summed E-state index contributed by atoms with van der Waals surface area (Å²) in [6, 6.07) is -2.09. The lowest BCUT2D eigenvalue weighted by molar-refractivity contribution is -0.142. The molecular formula is C33H63N5O16. The zero-order valence-electron chi connectivity index (χ0n) is 30.9. The van der Waals surface area contributed by atoms with E-state index in [0.29, 0.717) is 19.3 Å². The highest BCUT2D eigenvalue weighted by Gasteiger charge is 2.34. The molecule has 21 heteroatoms. The Bertz CT molecular complexity index is 1090. The summed E-state index contributed by atoms with van der Waals surface area (Å²) in [5.74, 6) is -3.54. The first-order valence-corrected chi connectivity index (χ1v) is 18.0. The molecule has 0 aromatic rings. The lowest BCUT2D eigenvalue weighted by Gasteiger charge is -2.33. The maximum atomic E-state index is 12.4. The molecule has 0 aliphatic heterocycles. The second kappa shape index (κ2) is 27.5. The highest BCUT2D eigenvalue weighted by molar-refractivity contribution is 5.88. The smallest absolute Gasteiger partial charge is 0.326 e. The molecule has 0 saturated carbocycles. The lowest BCUT2D eigenvalue weighted by atomic mass is 10.0. The second-order valence-electron chi connectivity index (χ2n) is 13.7. The van der Waals surface area contributed by atoms with Crippen molar-refractivity contribution in [3.05, 3.63) is 0 Å². The van der Waals surface area contributed by atoms with Crippen LogP contribution >= 0.6 is 0 Å². The average molecular weight is 786 g/mol. The summed E-state index contributed by atoms with van der Waals surface area (Å²) in [5.41, 5.74) is 5.26. The molecule has 0 aromatic carbocycles. The van der Waals surface area contributed by atoms with Gasteiger partial charge in [0.1, 0.15) is 48.7 Å². The Hall–Kier alpha value is -3.09. The van der Waals surface area contributed by atoms with Gasteiger partial charge < -0.3 is 77.9 Å². The fourth-order valence-electron chi connectivity index (χ4n) is 5.28. The average Bonchev–Trinajstić information content (AvgIpc) is 3.12. The van der Waals surface area contributed by atoms with E-state index in [4.69, 9.17) is 15.9 Å². The quantitative estimate of drug-likeness (QED) is 0.0291. The van der Waals surface area contributed by atoms with Gasteiger partial charge in [0.25, 0.3) is 0 Å². The van der Waals surface area contributed by atoms with Crippen LogP contribution in [0, 0.1) is 5.92 Å². The van der Waals surface area contributed by atoms with Crippen LogP contribution in [0.25, 0.3) is 0 Å². The van der Waals surface area contributed by atoms with Crippen LogP contribution in [0.3, 0.4) is 0 Å². The largest absolute Gasteiger partial charge is 0.480 e. The van der Waals surface area contributed by atoms with Crippen LogP contribution in [-0.2, 0) is 24.0 Å². The first-order chi connectivity index (χ1) is 25.3. The van der Waals surface area contributed by atoms with Crippen LogP contribution in [0.1, 0.15) is 71.6 Å². The van der Waals surface area contributed by atoms with E-state index in [0.717, 1.165) is 0 Å². The van der Waals surface area contributed by atoms with Gasteiger partial charge in [0.15, 0.2) is 0 Å². The fraction of sp³-hybridized carbons (Fsp3) is 0.848. The zero-order valence-corrected chi connectivity index (χ0v) is 30.9. The molecule has 0 fully saturated rings. The number of aliphatic carboxylic acids is 1. The number of aliphatic hydroxyl groups excluding tert-OH is 10. The van der Waals surface area contributed by atoms with Gasteiger partial charge in [-0.15, -0.1) is 0 Å². The molecule has 0 aliphatic rings. The summed E-state index contributed by atoms with van der Waals surface area (Å²) in [6.07, 6.45) is -13.3. The normalized spacial score (nSPS) is 17.4.